The summed E-state index contributed by atoms with van der Waals surface area (Å²) in [7, 11) is 0. The lowest BCUT2D eigenvalue weighted by molar-refractivity contribution is 1.06. The maximum absolute atomic E-state index is 5.18. The number of hydrogen-bond donors (Lipinski definition) is 1. The Morgan fingerprint density at radius 1 is 0.800 bits per heavy atom. The molecule has 0 unspecified atom stereocenters. The molecule has 0 spiro atoms. The number of aromatic nitrogens is 2. The van der Waals surface area contributed by atoms with Crippen molar-refractivity contribution in [1.29, 1.82) is 0 Å². The maximum Gasteiger partial charge on any atom is 0.160 e. The van der Waals surface area contributed by atoms with Crippen molar-refractivity contribution < 1.29 is 0 Å². The molecule has 3 aromatic carbocycles. The normalized spacial score (nSPS) is 11.0. The van der Waals surface area contributed by atoms with E-state index in [1.807, 2.05) is 12.1 Å². The molecule has 0 saturated carbocycles. The Morgan fingerprint density at radius 3 is 2.00 bits per heavy atom. The zero-order chi connectivity index (χ0) is 24.4. The second kappa shape index (κ2) is 9.59. The smallest absolute Gasteiger partial charge is 0.160 e. The fourth-order valence-electron chi connectivity index (χ4n) is 4.48. The van der Waals surface area contributed by atoms with Crippen molar-refractivity contribution in [3.05, 3.63) is 130 Å². The summed E-state index contributed by atoms with van der Waals surface area (Å²) in [6.45, 7) is 9.22. The van der Waals surface area contributed by atoms with Gasteiger partial charge in [-0.25, -0.2) is 9.98 Å². The van der Waals surface area contributed by atoms with E-state index in [0.29, 0.717) is 0 Å². The van der Waals surface area contributed by atoms with Crippen LogP contribution in [-0.2, 0) is 6.54 Å². The zero-order valence-electron chi connectivity index (χ0n) is 20.7. The van der Waals surface area contributed by atoms with Gasteiger partial charge in [-0.3, -0.25) is 0 Å². The highest BCUT2D eigenvalue weighted by Gasteiger charge is 2.13. The minimum atomic E-state index is 0.733. The van der Waals surface area contributed by atoms with Gasteiger partial charge in [-0.2, -0.15) is 0 Å². The molecule has 2 heterocycles. The van der Waals surface area contributed by atoms with Gasteiger partial charge in [0.1, 0.15) is 0 Å². The van der Waals surface area contributed by atoms with E-state index in [4.69, 9.17) is 9.98 Å². The van der Waals surface area contributed by atoms with E-state index in [1.54, 1.807) is 0 Å². The van der Waals surface area contributed by atoms with Crippen molar-refractivity contribution in [2.45, 2.75) is 34.2 Å². The van der Waals surface area contributed by atoms with Gasteiger partial charge in [0, 0.05) is 29.6 Å². The van der Waals surface area contributed by atoms with E-state index in [0.717, 1.165) is 51.8 Å². The van der Waals surface area contributed by atoms with Crippen molar-refractivity contribution in [1.82, 2.24) is 9.38 Å². The van der Waals surface area contributed by atoms with Crippen molar-refractivity contribution in [3.63, 3.8) is 0 Å². The molecule has 5 aromatic rings. The predicted molar refractivity (Wildman–Crippen MR) is 146 cm³/mol. The van der Waals surface area contributed by atoms with Crippen LogP contribution >= 0.6 is 0 Å². The standard InChI is InChI=1S/C31H30N4/c1-21-12-11-13-22(2)28(21)19-32-29-18-27(20-35-24(4)23(3)33-31(29)35)34-30(25-14-7-5-8-15-25)26-16-9-6-10-17-26/h5-18,20,32H,19H2,1-4H3. The van der Waals surface area contributed by atoms with Crippen molar-refractivity contribution in [2.24, 2.45) is 4.99 Å². The van der Waals surface area contributed by atoms with Crippen LogP contribution in [0.3, 0.4) is 0 Å². The highest BCUT2D eigenvalue weighted by atomic mass is 15.1. The third-order valence-electron chi connectivity index (χ3n) is 6.62. The average Bonchev–Trinajstić information content (AvgIpc) is 3.17. The Kier molecular flexibility index (Phi) is 6.19. The maximum atomic E-state index is 5.18. The minimum Gasteiger partial charge on any atom is -0.378 e. The van der Waals surface area contributed by atoms with Crippen LogP contribution in [0.4, 0.5) is 11.4 Å². The Balaban J connectivity index is 1.63. The molecule has 0 aliphatic heterocycles. The molecule has 0 atom stereocenters. The third kappa shape index (κ3) is 4.60. The average molecular weight is 459 g/mol. The number of rotatable bonds is 6. The first-order valence-corrected chi connectivity index (χ1v) is 12.0. The monoisotopic (exact) mass is 458 g/mol. The molecule has 174 valence electrons. The van der Waals surface area contributed by atoms with Gasteiger partial charge >= 0.3 is 0 Å². The van der Waals surface area contributed by atoms with Crippen molar-refractivity contribution >= 4 is 22.7 Å². The number of fused-ring (bicyclic) bond motifs is 1. The number of benzene rings is 3. The second-order valence-electron chi connectivity index (χ2n) is 9.00. The number of aliphatic imine (C=N–C) groups is 1. The van der Waals surface area contributed by atoms with Gasteiger partial charge in [0.2, 0.25) is 0 Å². The molecule has 0 saturated heterocycles. The van der Waals surface area contributed by atoms with E-state index >= 15 is 0 Å². The molecule has 0 aliphatic carbocycles. The number of imidazole rings is 1. The predicted octanol–water partition coefficient (Wildman–Crippen LogP) is 7.35. The van der Waals surface area contributed by atoms with E-state index in [1.165, 1.54) is 16.7 Å². The van der Waals surface area contributed by atoms with Crippen LogP contribution in [0, 0.1) is 27.7 Å². The minimum absolute atomic E-state index is 0.733. The van der Waals surface area contributed by atoms with Crippen LogP contribution in [0.1, 0.15) is 39.2 Å². The third-order valence-corrected chi connectivity index (χ3v) is 6.62. The summed E-state index contributed by atoms with van der Waals surface area (Å²) in [6.07, 6.45) is 2.08. The molecule has 0 radical (unpaired) electrons. The molecule has 1 N–H and O–H groups in total. The summed E-state index contributed by atoms with van der Waals surface area (Å²) in [5.74, 6) is 0. The van der Waals surface area contributed by atoms with Gasteiger partial charge in [-0.1, -0.05) is 78.9 Å². The first-order valence-electron chi connectivity index (χ1n) is 12.0. The topological polar surface area (TPSA) is 41.7 Å². The van der Waals surface area contributed by atoms with E-state index in [-0.39, 0.29) is 0 Å². The molecule has 0 amide bonds. The SMILES string of the molecule is Cc1cccc(C)c1CNc1cc(N=C(c2ccccc2)c2ccccc2)cn2c(C)c(C)nc12. The molecule has 35 heavy (non-hydrogen) atoms. The molecule has 0 bridgehead atoms. The summed E-state index contributed by atoms with van der Waals surface area (Å²) < 4.78 is 2.15. The van der Waals surface area contributed by atoms with Gasteiger partial charge in [0.15, 0.2) is 5.65 Å². The first kappa shape index (κ1) is 22.6. The molecule has 0 aliphatic rings. The summed E-state index contributed by atoms with van der Waals surface area (Å²) in [5, 5.41) is 3.67. The van der Waals surface area contributed by atoms with Crippen molar-refractivity contribution in [2.75, 3.05) is 5.32 Å². The van der Waals surface area contributed by atoms with Crippen molar-refractivity contribution in [3.8, 4) is 0 Å². The largest absolute Gasteiger partial charge is 0.378 e. The molecule has 0 fully saturated rings. The van der Waals surface area contributed by atoms with E-state index in [2.05, 4.69) is 116 Å². The summed E-state index contributed by atoms with van der Waals surface area (Å²) in [4.78, 5) is 10.0. The number of nitrogens with zero attached hydrogens (tertiary/aromatic N) is 3. The van der Waals surface area contributed by atoms with Crippen LogP contribution in [0.5, 0.6) is 0 Å². The van der Waals surface area contributed by atoms with Crippen LogP contribution in [0.2, 0.25) is 0 Å². The van der Waals surface area contributed by atoms with Crippen LogP contribution < -0.4 is 5.32 Å². The zero-order valence-corrected chi connectivity index (χ0v) is 20.7. The lowest BCUT2D eigenvalue weighted by Gasteiger charge is -2.14. The highest BCUT2D eigenvalue weighted by Crippen LogP contribution is 2.28. The number of anilines is 1. The fraction of sp³-hybridized carbons (Fsp3) is 0.161. The number of pyridine rings is 1. The van der Waals surface area contributed by atoms with Gasteiger partial charge < -0.3 is 9.72 Å². The van der Waals surface area contributed by atoms with E-state index in [9.17, 15) is 0 Å². The molecule has 4 heteroatoms. The van der Waals surface area contributed by atoms with Gasteiger partial charge in [-0.05, 0) is 50.5 Å². The Bertz CT molecular complexity index is 1450. The summed E-state index contributed by atoms with van der Waals surface area (Å²) in [5.41, 5.74) is 11.9. The van der Waals surface area contributed by atoms with Crippen LogP contribution in [-0.4, -0.2) is 15.1 Å². The highest BCUT2D eigenvalue weighted by molar-refractivity contribution is 6.14. The quantitative estimate of drug-likeness (QED) is 0.270. The van der Waals surface area contributed by atoms with E-state index < -0.39 is 0 Å². The van der Waals surface area contributed by atoms with Gasteiger partial charge in [-0.15, -0.1) is 0 Å². The molecule has 4 nitrogen and oxygen atoms in total. The molecular weight excluding hydrogens is 428 g/mol. The number of nitrogens with one attached hydrogen (secondary N) is 1. The molecular formula is C31H30N4. The van der Waals surface area contributed by atoms with Crippen LogP contribution in [0.15, 0.2) is 96.1 Å². The Morgan fingerprint density at radius 2 is 1.40 bits per heavy atom. The second-order valence-corrected chi connectivity index (χ2v) is 9.00. The lowest BCUT2D eigenvalue weighted by atomic mass is 10.0. The summed E-state index contributed by atoms with van der Waals surface area (Å²) in [6, 6.07) is 29.3. The molecule has 5 rings (SSSR count). The van der Waals surface area contributed by atoms with Gasteiger partial charge in [0.25, 0.3) is 0 Å². The summed E-state index contributed by atoms with van der Waals surface area (Å²) >= 11 is 0. The Hall–Kier alpha value is -4.18. The fourth-order valence-corrected chi connectivity index (χ4v) is 4.48. The molecule has 2 aromatic heterocycles. The first-order chi connectivity index (χ1) is 17.0. The van der Waals surface area contributed by atoms with Gasteiger partial charge in [0.05, 0.1) is 22.8 Å². The number of aryl methyl sites for hydroxylation is 4. The number of hydrogen-bond acceptors (Lipinski definition) is 3. The Labute approximate surface area is 207 Å². The lowest BCUT2D eigenvalue weighted by Crippen LogP contribution is -2.06. The van der Waals surface area contributed by atoms with Crippen LogP contribution in [0.25, 0.3) is 5.65 Å².